The predicted molar refractivity (Wildman–Crippen MR) is 120 cm³/mol. The number of rotatable bonds is 16. The molecule has 5 heteroatoms. The van der Waals surface area contributed by atoms with Crippen molar-refractivity contribution in [2.75, 3.05) is 13.2 Å². The quantitative estimate of drug-likeness (QED) is 0.190. The third-order valence-corrected chi connectivity index (χ3v) is 6.07. The van der Waals surface area contributed by atoms with Gasteiger partial charge in [0.05, 0.1) is 12.5 Å². The lowest BCUT2D eigenvalue weighted by Crippen LogP contribution is -2.40. The fourth-order valence-corrected chi connectivity index (χ4v) is 3.97. The minimum Gasteiger partial charge on any atom is -0.461 e. The number of unbranched alkanes of at least 4 members (excludes halogenated alkanes) is 8. The summed E-state index contributed by atoms with van der Waals surface area (Å²) in [5.41, 5.74) is 0.314. The Morgan fingerprint density at radius 3 is 1.97 bits per heavy atom. The molecule has 1 aliphatic rings. The van der Waals surface area contributed by atoms with Gasteiger partial charge in [-0.25, -0.2) is 4.79 Å². The number of aliphatic hydroxyl groups is 1. The van der Waals surface area contributed by atoms with Crippen molar-refractivity contribution in [3.8, 4) is 0 Å². The molecular formula is C25H44O5. The van der Waals surface area contributed by atoms with E-state index in [1.54, 1.807) is 0 Å². The van der Waals surface area contributed by atoms with Gasteiger partial charge in [0.25, 0.3) is 0 Å². The van der Waals surface area contributed by atoms with E-state index >= 15 is 0 Å². The molecule has 1 saturated heterocycles. The molecule has 174 valence electrons. The van der Waals surface area contributed by atoms with Crippen molar-refractivity contribution in [1.82, 2.24) is 0 Å². The van der Waals surface area contributed by atoms with Crippen LogP contribution in [-0.2, 0) is 19.1 Å². The van der Waals surface area contributed by atoms with E-state index in [1.807, 2.05) is 13.8 Å². The van der Waals surface area contributed by atoms with Crippen LogP contribution in [0.3, 0.4) is 0 Å². The van der Waals surface area contributed by atoms with E-state index in [2.05, 4.69) is 13.8 Å². The predicted octanol–water partition coefficient (Wildman–Crippen LogP) is 5.88. The molecule has 1 unspecified atom stereocenters. The van der Waals surface area contributed by atoms with Crippen LogP contribution in [0.5, 0.6) is 0 Å². The Morgan fingerprint density at radius 2 is 1.53 bits per heavy atom. The summed E-state index contributed by atoms with van der Waals surface area (Å²) in [5, 5.41) is 9.84. The molecule has 1 aliphatic heterocycles. The summed E-state index contributed by atoms with van der Waals surface area (Å²) in [6, 6.07) is 0. The molecule has 0 bridgehead atoms. The Labute approximate surface area is 183 Å². The second-order valence-electron chi connectivity index (χ2n) is 9.10. The van der Waals surface area contributed by atoms with Gasteiger partial charge in [0, 0.05) is 12.0 Å². The van der Waals surface area contributed by atoms with Gasteiger partial charge in [-0.2, -0.15) is 0 Å². The van der Waals surface area contributed by atoms with Crippen LogP contribution < -0.4 is 0 Å². The highest BCUT2D eigenvalue weighted by Crippen LogP contribution is 2.33. The Bertz CT molecular complexity index is 536. The molecule has 1 heterocycles. The second-order valence-corrected chi connectivity index (χ2v) is 9.10. The second kappa shape index (κ2) is 14.6. The fourth-order valence-electron chi connectivity index (χ4n) is 3.97. The van der Waals surface area contributed by atoms with Gasteiger partial charge >= 0.3 is 11.9 Å². The molecule has 0 aromatic carbocycles. The lowest BCUT2D eigenvalue weighted by Gasteiger charge is -2.25. The van der Waals surface area contributed by atoms with Crippen molar-refractivity contribution in [2.45, 2.75) is 117 Å². The summed E-state index contributed by atoms with van der Waals surface area (Å²) >= 11 is 0. The Kier molecular flexibility index (Phi) is 13.0. The number of carbonyl (C=O) groups excluding carboxylic acids is 2. The van der Waals surface area contributed by atoms with Crippen LogP contribution in [0.15, 0.2) is 11.1 Å². The van der Waals surface area contributed by atoms with Crippen LogP contribution >= 0.6 is 0 Å². The summed E-state index contributed by atoms with van der Waals surface area (Å²) in [5.74, 6) is -0.733. The van der Waals surface area contributed by atoms with E-state index < -0.39 is 11.6 Å². The minimum atomic E-state index is -1.13. The first-order chi connectivity index (χ1) is 14.4. The molecule has 1 fully saturated rings. The maximum absolute atomic E-state index is 12.8. The number of hydrogen-bond acceptors (Lipinski definition) is 5. The van der Waals surface area contributed by atoms with Crippen LogP contribution in [0, 0.1) is 5.92 Å². The van der Waals surface area contributed by atoms with E-state index in [0.717, 1.165) is 44.1 Å². The average molecular weight is 425 g/mol. The van der Waals surface area contributed by atoms with Gasteiger partial charge in [0.15, 0.2) is 5.60 Å². The maximum Gasteiger partial charge on any atom is 0.334 e. The largest absolute Gasteiger partial charge is 0.461 e. The third kappa shape index (κ3) is 9.20. The molecule has 0 aromatic heterocycles. The van der Waals surface area contributed by atoms with Gasteiger partial charge in [0.2, 0.25) is 0 Å². The minimum absolute atomic E-state index is 0.0764. The van der Waals surface area contributed by atoms with Crippen molar-refractivity contribution >= 4 is 11.9 Å². The van der Waals surface area contributed by atoms with Crippen molar-refractivity contribution in [2.24, 2.45) is 5.92 Å². The summed E-state index contributed by atoms with van der Waals surface area (Å²) in [7, 11) is 0. The van der Waals surface area contributed by atoms with E-state index in [0.29, 0.717) is 5.57 Å². The van der Waals surface area contributed by atoms with E-state index in [4.69, 9.17) is 9.47 Å². The standard InChI is InChI=1S/C25H44O5/c1-5-7-9-11-13-15-21(16-14-12-10-8-6-2)23(27)29-19-25(18-26)17-22(20(3)4)24(28)30-25/h21,26H,5-19H2,1-4H3. The monoisotopic (exact) mass is 424 g/mol. The van der Waals surface area contributed by atoms with Gasteiger partial charge < -0.3 is 14.6 Å². The summed E-state index contributed by atoms with van der Waals surface area (Å²) in [6.07, 6.45) is 13.7. The first-order valence-electron chi connectivity index (χ1n) is 12.1. The summed E-state index contributed by atoms with van der Waals surface area (Å²) in [6.45, 7) is 7.68. The highest BCUT2D eigenvalue weighted by atomic mass is 16.6. The topological polar surface area (TPSA) is 72.8 Å². The fraction of sp³-hybridized carbons (Fsp3) is 0.840. The molecule has 0 aromatic rings. The first-order valence-corrected chi connectivity index (χ1v) is 12.1. The molecule has 0 spiro atoms. The highest BCUT2D eigenvalue weighted by molar-refractivity contribution is 5.92. The van der Waals surface area contributed by atoms with Crippen LogP contribution in [0.1, 0.15) is 111 Å². The molecule has 1 atom stereocenters. The average Bonchev–Trinajstić information content (AvgIpc) is 3.07. The van der Waals surface area contributed by atoms with Crippen molar-refractivity contribution < 1.29 is 24.2 Å². The zero-order valence-electron chi connectivity index (χ0n) is 19.8. The number of allylic oxidation sites excluding steroid dienone is 1. The smallest absolute Gasteiger partial charge is 0.334 e. The lowest BCUT2D eigenvalue weighted by molar-refractivity contribution is -0.169. The molecular weight excluding hydrogens is 380 g/mol. The van der Waals surface area contributed by atoms with Gasteiger partial charge in [-0.15, -0.1) is 0 Å². The van der Waals surface area contributed by atoms with Crippen LogP contribution in [-0.4, -0.2) is 35.9 Å². The Balaban J connectivity index is 2.61. The summed E-state index contributed by atoms with van der Waals surface area (Å²) < 4.78 is 11.0. The van der Waals surface area contributed by atoms with Crippen LogP contribution in [0.2, 0.25) is 0 Å². The Morgan fingerprint density at radius 1 is 1.00 bits per heavy atom. The molecule has 1 rings (SSSR count). The molecule has 1 N–H and O–H groups in total. The van der Waals surface area contributed by atoms with E-state index in [1.165, 1.54) is 38.5 Å². The highest BCUT2D eigenvalue weighted by Gasteiger charge is 2.45. The normalized spacial score (nSPS) is 18.7. The molecule has 0 radical (unpaired) electrons. The number of esters is 2. The number of cyclic esters (lactones) is 1. The first kappa shape index (κ1) is 26.7. The Hall–Kier alpha value is -1.36. The van der Waals surface area contributed by atoms with Crippen molar-refractivity contribution in [3.05, 3.63) is 11.1 Å². The zero-order chi connectivity index (χ0) is 22.4. The summed E-state index contributed by atoms with van der Waals surface area (Å²) in [4.78, 5) is 24.9. The SMILES string of the molecule is CCCCCCCC(CCCCCCC)C(=O)OCC1(CO)CC(=C(C)C)C(=O)O1. The van der Waals surface area contributed by atoms with Crippen molar-refractivity contribution in [3.63, 3.8) is 0 Å². The zero-order valence-corrected chi connectivity index (χ0v) is 19.8. The van der Waals surface area contributed by atoms with E-state index in [-0.39, 0.29) is 31.5 Å². The van der Waals surface area contributed by atoms with Gasteiger partial charge in [-0.3, -0.25) is 4.79 Å². The molecule has 0 saturated carbocycles. The molecule has 0 amide bonds. The number of ether oxygens (including phenoxy) is 2. The van der Waals surface area contributed by atoms with Gasteiger partial charge in [-0.1, -0.05) is 83.6 Å². The van der Waals surface area contributed by atoms with E-state index in [9.17, 15) is 14.7 Å². The van der Waals surface area contributed by atoms with Crippen LogP contribution in [0.25, 0.3) is 0 Å². The number of carbonyl (C=O) groups is 2. The lowest BCUT2D eigenvalue weighted by atomic mass is 9.94. The molecule has 5 nitrogen and oxygen atoms in total. The van der Waals surface area contributed by atoms with Gasteiger partial charge in [-0.05, 0) is 26.7 Å². The molecule has 0 aliphatic carbocycles. The number of aliphatic hydroxyl groups excluding tert-OH is 1. The van der Waals surface area contributed by atoms with Crippen molar-refractivity contribution in [1.29, 1.82) is 0 Å². The molecule has 30 heavy (non-hydrogen) atoms. The van der Waals surface area contributed by atoms with Gasteiger partial charge in [0.1, 0.15) is 6.61 Å². The number of hydrogen-bond donors (Lipinski definition) is 1. The third-order valence-electron chi connectivity index (χ3n) is 6.07. The van der Waals surface area contributed by atoms with Crippen LogP contribution in [0.4, 0.5) is 0 Å². The maximum atomic E-state index is 12.8.